The summed E-state index contributed by atoms with van der Waals surface area (Å²) in [5.41, 5.74) is 1.98. The van der Waals surface area contributed by atoms with Crippen LogP contribution in [0, 0.1) is 0 Å². The Kier molecular flexibility index (Phi) is 6.24. The molecule has 0 unspecified atom stereocenters. The van der Waals surface area contributed by atoms with Gasteiger partial charge in [-0.05, 0) is 35.1 Å². The fourth-order valence-electron chi connectivity index (χ4n) is 3.23. The molecular weight excluding hydrogens is 332 g/mol. The van der Waals surface area contributed by atoms with Gasteiger partial charge >= 0.3 is 0 Å². The van der Waals surface area contributed by atoms with Crippen molar-refractivity contribution in [1.29, 1.82) is 0 Å². The molecule has 3 rings (SSSR count). The molecule has 1 aliphatic heterocycles. The van der Waals surface area contributed by atoms with Gasteiger partial charge in [-0.3, -0.25) is 4.79 Å². The molecule has 0 radical (unpaired) electrons. The largest absolute Gasteiger partial charge is 0.370 e. The van der Waals surface area contributed by atoms with Gasteiger partial charge in [-0.25, -0.2) is 0 Å². The third-order valence-corrected chi connectivity index (χ3v) is 5.81. The summed E-state index contributed by atoms with van der Waals surface area (Å²) in [7, 11) is 0. The van der Waals surface area contributed by atoms with E-state index in [4.69, 9.17) is 4.74 Å². The van der Waals surface area contributed by atoms with Crippen LogP contribution in [0.5, 0.6) is 0 Å². The molecule has 2 heterocycles. The van der Waals surface area contributed by atoms with Crippen molar-refractivity contribution < 1.29 is 14.4 Å². The summed E-state index contributed by atoms with van der Waals surface area (Å²) in [4.78, 5) is 15.4. The summed E-state index contributed by atoms with van der Waals surface area (Å²) >= 11 is 1.76. The highest BCUT2D eigenvalue weighted by Crippen LogP contribution is 2.17. The van der Waals surface area contributed by atoms with Crippen LogP contribution in [0.3, 0.4) is 0 Å². The van der Waals surface area contributed by atoms with Gasteiger partial charge < -0.3 is 15.0 Å². The van der Waals surface area contributed by atoms with Gasteiger partial charge in [0.15, 0.2) is 0 Å². The molecule has 1 saturated heterocycles. The van der Waals surface area contributed by atoms with Gasteiger partial charge in [0.2, 0.25) is 0 Å². The first-order chi connectivity index (χ1) is 12.1. The second-order valence-electron chi connectivity index (χ2n) is 6.83. The minimum atomic E-state index is 0.00419. The van der Waals surface area contributed by atoms with E-state index in [1.807, 2.05) is 24.3 Å². The Bertz CT molecular complexity index is 662. The van der Waals surface area contributed by atoms with E-state index in [0.717, 1.165) is 31.9 Å². The molecule has 2 aromatic rings. The molecule has 0 aliphatic carbocycles. The Labute approximate surface area is 153 Å². The quantitative estimate of drug-likeness (QED) is 0.831. The molecule has 0 saturated carbocycles. The smallest absolute Gasteiger partial charge is 0.251 e. The Morgan fingerprint density at radius 2 is 1.92 bits per heavy atom. The number of amides is 1. The van der Waals surface area contributed by atoms with Crippen molar-refractivity contribution in [2.45, 2.75) is 25.8 Å². The number of quaternary nitrogens is 1. The van der Waals surface area contributed by atoms with E-state index in [0.29, 0.717) is 18.5 Å². The molecule has 1 atom stereocenters. The van der Waals surface area contributed by atoms with E-state index in [9.17, 15) is 4.79 Å². The fraction of sp³-hybridized carbons (Fsp3) is 0.450. The van der Waals surface area contributed by atoms with Crippen LogP contribution in [0.1, 0.15) is 46.6 Å². The molecule has 0 spiro atoms. The van der Waals surface area contributed by atoms with Crippen LogP contribution in [0.4, 0.5) is 0 Å². The topological polar surface area (TPSA) is 42.8 Å². The van der Waals surface area contributed by atoms with Crippen LogP contribution in [0.25, 0.3) is 0 Å². The van der Waals surface area contributed by atoms with E-state index in [1.54, 1.807) is 11.3 Å². The van der Waals surface area contributed by atoms with Gasteiger partial charge in [-0.2, -0.15) is 0 Å². The van der Waals surface area contributed by atoms with Crippen LogP contribution >= 0.6 is 11.3 Å². The molecule has 1 amide bonds. The Balaban J connectivity index is 1.64. The van der Waals surface area contributed by atoms with Crippen molar-refractivity contribution in [2.24, 2.45) is 0 Å². The molecule has 1 aliphatic rings. The van der Waals surface area contributed by atoms with Crippen LogP contribution in [-0.4, -0.2) is 38.8 Å². The number of hydrogen-bond donors (Lipinski definition) is 2. The van der Waals surface area contributed by atoms with Crippen LogP contribution < -0.4 is 10.2 Å². The first kappa shape index (κ1) is 18.1. The number of carbonyl (C=O) groups is 1. The van der Waals surface area contributed by atoms with E-state index in [2.05, 4.69) is 36.7 Å². The maximum Gasteiger partial charge on any atom is 0.251 e. The number of nitrogens with one attached hydrogen (secondary N) is 2. The predicted octanol–water partition coefficient (Wildman–Crippen LogP) is 2.26. The van der Waals surface area contributed by atoms with Crippen molar-refractivity contribution in [3.05, 3.63) is 57.8 Å². The Hall–Kier alpha value is -1.69. The molecule has 0 bridgehead atoms. The number of morpholine rings is 1. The minimum Gasteiger partial charge on any atom is -0.370 e. The summed E-state index contributed by atoms with van der Waals surface area (Å²) in [6, 6.07) is 12.5. The third-order valence-electron chi connectivity index (χ3n) is 4.82. The number of rotatable bonds is 6. The normalized spacial score (nSPS) is 16.8. The molecule has 1 aromatic heterocycles. The van der Waals surface area contributed by atoms with Crippen molar-refractivity contribution >= 4 is 17.2 Å². The Morgan fingerprint density at radius 3 is 2.52 bits per heavy atom. The highest BCUT2D eigenvalue weighted by Gasteiger charge is 2.27. The molecule has 5 heteroatoms. The third kappa shape index (κ3) is 4.69. The molecule has 134 valence electrons. The lowest BCUT2D eigenvalue weighted by molar-refractivity contribution is -0.937. The molecule has 25 heavy (non-hydrogen) atoms. The second kappa shape index (κ2) is 8.61. The molecule has 1 fully saturated rings. The first-order valence-electron chi connectivity index (χ1n) is 8.99. The molecule has 1 aromatic carbocycles. The van der Waals surface area contributed by atoms with Crippen LogP contribution in [-0.2, 0) is 4.74 Å². The number of hydrogen-bond acceptors (Lipinski definition) is 3. The van der Waals surface area contributed by atoms with Crippen molar-refractivity contribution in [2.75, 3.05) is 32.8 Å². The first-order valence-corrected chi connectivity index (χ1v) is 9.87. The molecular formula is C20H27N2O2S+. The van der Waals surface area contributed by atoms with Crippen molar-refractivity contribution in [3.8, 4) is 0 Å². The maximum absolute atomic E-state index is 12.5. The van der Waals surface area contributed by atoms with Gasteiger partial charge in [0.25, 0.3) is 5.91 Å². The monoisotopic (exact) mass is 359 g/mol. The number of thiophene rings is 1. The summed E-state index contributed by atoms with van der Waals surface area (Å²) in [6.45, 7) is 8.53. The maximum atomic E-state index is 12.5. The Morgan fingerprint density at radius 1 is 1.20 bits per heavy atom. The zero-order chi connectivity index (χ0) is 17.6. The lowest BCUT2D eigenvalue weighted by Gasteiger charge is -2.31. The predicted molar refractivity (Wildman–Crippen MR) is 101 cm³/mol. The molecule has 2 N–H and O–H groups in total. The van der Waals surface area contributed by atoms with E-state index >= 15 is 0 Å². The lowest BCUT2D eigenvalue weighted by atomic mass is 10.0. The number of benzene rings is 1. The van der Waals surface area contributed by atoms with Crippen LogP contribution in [0.15, 0.2) is 41.8 Å². The van der Waals surface area contributed by atoms with Crippen LogP contribution in [0.2, 0.25) is 0 Å². The number of ether oxygens (including phenoxy) is 1. The van der Waals surface area contributed by atoms with Crippen molar-refractivity contribution in [3.63, 3.8) is 0 Å². The summed E-state index contributed by atoms with van der Waals surface area (Å²) < 4.78 is 5.49. The minimum absolute atomic E-state index is 0.00419. The zero-order valence-corrected chi connectivity index (χ0v) is 15.8. The van der Waals surface area contributed by atoms with E-state index < -0.39 is 0 Å². The average Bonchev–Trinajstić information content (AvgIpc) is 3.17. The van der Waals surface area contributed by atoms with Crippen molar-refractivity contribution in [1.82, 2.24) is 5.32 Å². The summed E-state index contributed by atoms with van der Waals surface area (Å²) in [5, 5.41) is 5.25. The van der Waals surface area contributed by atoms with Gasteiger partial charge in [0.1, 0.15) is 19.1 Å². The fourth-order valence-corrected chi connectivity index (χ4v) is 4.12. The highest BCUT2D eigenvalue weighted by molar-refractivity contribution is 7.10. The summed E-state index contributed by atoms with van der Waals surface area (Å²) in [5.74, 6) is 0.481. The van der Waals surface area contributed by atoms with Gasteiger partial charge in [0, 0.05) is 5.56 Å². The SMILES string of the molecule is CC(C)c1ccc(C(=O)NC[C@H](c2cccs2)[NH+]2CCOCC2)cc1. The lowest BCUT2D eigenvalue weighted by Crippen LogP contribution is -3.15. The second-order valence-corrected chi connectivity index (χ2v) is 7.80. The zero-order valence-electron chi connectivity index (χ0n) is 15.0. The molecule has 4 nitrogen and oxygen atoms in total. The van der Waals surface area contributed by atoms with E-state index in [1.165, 1.54) is 15.3 Å². The highest BCUT2D eigenvalue weighted by atomic mass is 32.1. The standard InChI is InChI=1S/C20H26N2O2S/c1-15(2)16-5-7-17(8-6-16)20(23)21-14-18(19-4-3-13-25-19)22-9-11-24-12-10-22/h3-8,13,15,18H,9-12,14H2,1-2H3,(H,21,23)/p+1/t18-/m1/s1. The number of carbonyl (C=O) groups excluding carboxylic acids is 1. The van der Waals surface area contributed by atoms with Gasteiger partial charge in [-0.1, -0.05) is 32.0 Å². The summed E-state index contributed by atoms with van der Waals surface area (Å²) in [6.07, 6.45) is 0. The van der Waals surface area contributed by atoms with Gasteiger partial charge in [-0.15, -0.1) is 11.3 Å². The van der Waals surface area contributed by atoms with Gasteiger partial charge in [0.05, 0.1) is 24.6 Å². The average molecular weight is 360 g/mol. The van der Waals surface area contributed by atoms with E-state index in [-0.39, 0.29) is 5.91 Å².